The number of carbonyl (C=O) groups is 2. The normalized spacial score (nSPS) is 34.9. The van der Waals surface area contributed by atoms with Gasteiger partial charge in [0.1, 0.15) is 23.0 Å². The third-order valence-corrected chi connectivity index (χ3v) is 8.59. The number of fused-ring (bicyclic) bond motifs is 1. The predicted molar refractivity (Wildman–Crippen MR) is 137 cm³/mol. The van der Waals surface area contributed by atoms with E-state index < -0.39 is 78.0 Å². The number of rotatable bonds is 3. The number of hydrogen-bond acceptors (Lipinski definition) is 9. The first-order chi connectivity index (χ1) is 18.0. The number of Topliss-reactive ketones (excluding diaryl/α,β-unsaturated/α-hetero) is 1. The number of cyclic esters (lactones) is 1. The Balaban J connectivity index is 1.98. The second-order valence-corrected chi connectivity index (χ2v) is 11.9. The Hall–Kier alpha value is -2.12. The fourth-order valence-electron chi connectivity index (χ4n) is 4.87. The van der Waals surface area contributed by atoms with Gasteiger partial charge in [-0.1, -0.05) is 39.8 Å². The molecule has 0 aliphatic carbocycles. The van der Waals surface area contributed by atoms with E-state index in [1.54, 1.807) is 25.3 Å². The minimum absolute atomic E-state index is 0.270. The van der Waals surface area contributed by atoms with Gasteiger partial charge in [0.15, 0.2) is 5.60 Å². The average molecular weight is 576 g/mol. The van der Waals surface area contributed by atoms with Gasteiger partial charge < -0.3 is 24.8 Å². The van der Waals surface area contributed by atoms with Crippen molar-refractivity contribution in [2.45, 2.75) is 96.7 Å². The van der Waals surface area contributed by atoms with Crippen molar-refractivity contribution in [1.29, 1.82) is 0 Å². The summed E-state index contributed by atoms with van der Waals surface area (Å²) in [5.41, 5.74) is -3.05. The van der Waals surface area contributed by atoms with E-state index in [1.165, 1.54) is 44.3 Å². The van der Waals surface area contributed by atoms with Crippen LogP contribution in [0.25, 0.3) is 6.08 Å². The van der Waals surface area contributed by atoms with Gasteiger partial charge in [-0.25, -0.2) is 4.98 Å². The number of carbonyl (C=O) groups excluding carboxylic acids is 2. The second kappa shape index (κ2) is 11.8. The number of thiazole rings is 1. The summed E-state index contributed by atoms with van der Waals surface area (Å²) in [4.78, 5) is 30.3. The van der Waals surface area contributed by atoms with Crippen molar-refractivity contribution in [3.63, 3.8) is 0 Å². The van der Waals surface area contributed by atoms with Crippen LogP contribution in [0.1, 0.15) is 64.6 Å². The molecule has 1 aromatic rings. The van der Waals surface area contributed by atoms with Crippen molar-refractivity contribution in [3.05, 3.63) is 33.8 Å². The van der Waals surface area contributed by atoms with E-state index in [4.69, 9.17) is 9.47 Å². The summed E-state index contributed by atoms with van der Waals surface area (Å²) >= 11 is 1.20. The number of aliphatic hydroxyl groups is 3. The van der Waals surface area contributed by atoms with Crippen molar-refractivity contribution >= 4 is 29.2 Å². The predicted octanol–water partition coefficient (Wildman–Crippen LogP) is 3.98. The molecule has 2 unspecified atom stereocenters. The van der Waals surface area contributed by atoms with Gasteiger partial charge in [0.25, 0.3) is 0 Å². The molecule has 3 heterocycles. The highest BCUT2D eigenvalue weighted by Gasteiger charge is 2.72. The van der Waals surface area contributed by atoms with Crippen LogP contribution in [0.4, 0.5) is 13.2 Å². The molecule has 218 valence electrons. The Labute approximate surface area is 229 Å². The first-order valence-corrected chi connectivity index (χ1v) is 13.7. The second-order valence-electron chi connectivity index (χ2n) is 11.0. The fraction of sp³-hybridized carbons (Fsp3) is 0.667. The lowest BCUT2D eigenvalue weighted by Crippen LogP contribution is -2.45. The van der Waals surface area contributed by atoms with Crippen molar-refractivity contribution in [3.8, 4) is 0 Å². The molecule has 1 aromatic heterocycles. The highest BCUT2D eigenvalue weighted by Crippen LogP contribution is 2.54. The summed E-state index contributed by atoms with van der Waals surface area (Å²) in [5, 5.41) is 32.9. The van der Waals surface area contributed by atoms with Gasteiger partial charge >= 0.3 is 12.1 Å². The van der Waals surface area contributed by atoms with Crippen LogP contribution in [0.3, 0.4) is 0 Å². The maximum atomic E-state index is 14.1. The van der Waals surface area contributed by atoms with Gasteiger partial charge in [-0.2, -0.15) is 13.2 Å². The molecular weight excluding hydrogens is 539 g/mol. The third kappa shape index (κ3) is 6.79. The minimum Gasteiger partial charge on any atom is -0.458 e. The minimum atomic E-state index is -4.71. The molecule has 0 spiro atoms. The Morgan fingerprint density at radius 2 is 1.92 bits per heavy atom. The zero-order valence-corrected chi connectivity index (χ0v) is 23.4. The summed E-state index contributed by atoms with van der Waals surface area (Å²) in [6, 6.07) is 0. The zero-order valence-electron chi connectivity index (χ0n) is 22.6. The number of hydrogen-bond donors (Lipinski definition) is 3. The van der Waals surface area contributed by atoms with Gasteiger partial charge in [0.05, 0.1) is 36.3 Å². The SMILES string of the molecule is CC(=Cc1csc(CO)n1)[C@@H]1CC2OC2(C(F)(F)F)CC=C[C@H](C)[C@H](O)[C@@H](C)C(=O)C(C)(C)[C@@H](O)CC(=O)O1. The molecule has 0 aromatic carbocycles. The molecule has 3 rings (SSSR count). The smallest absolute Gasteiger partial charge is 0.420 e. The van der Waals surface area contributed by atoms with Crippen LogP contribution >= 0.6 is 11.3 Å². The Morgan fingerprint density at radius 1 is 1.26 bits per heavy atom. The molecule has 2 aliphatic rings. The molecule has 0 radical (unpaired) electrons. The van der Waals surface area contributed by atoms with E-state index in [9.17, 15) is 38.1 Å². The lowest BCUT2D eigenvalue weighted by atomic mass is 9.73. The number of halogens is 3. The van der Waals surface area contributed by atoms with E-state index in [0.29, 0.717) is 16.3 Å². The average Bonchev–Trinajstić information content (AvgIpc) is 3.38. The Bertz CT molecular complexity index is 1120. The lowest BCUT2D eigenvalue weighted by Gasteiger charge is -2.34. The van der Waals surface area contributed by atoms with Crippen LogP contribution < -0.4 is 0 Å². The summed E-state index contributed by atoms with van der Waals surface area (Å²) in [6.45, 7) is 7.33. The summed E-state index contributed by atoms with van der Waals surface area (Å²) < 4.78 is 53.2. The lowest BCUT2D eigenvalue weighted by molar-refractivity contribution is -0.183. The van der Waals surface area contributed by atoms with Crippen LogP contribution in [-0.4, -0.2) is 68.2 Å². The molecule has 1 saturated heterocycles. The largest absolute Gasteiger partial charge is 0.458 e. The summed E-state index contributed by atoms with van der Waals surface area (Å²) in [5.74, 6) is -3.00. The number of ether oxygens (including phenoxy) is 2. The molecule has 1 fully saturated rings. The molecule has 0 saturated carbocycles. The highest BCUT2D eigenvalue weighted by molar-refractivity contribution is 7.09. The topological polar surface area (TPSA) is 129 Å². The fourth-order valence-corrected chi connectivity index (χ4v) is 5.48. The molecule has 12 heteroatoms. The van der Waals surface area contributed by atoms with Crippen LogP contribution in [-0.2, 0) is 25.7 Å². The third-order valence-electron chi connectivity index (χ3n) is 7.74. The van der Waals surface area contributed by atoms with Crippen LogP contribution in [0.5, 0.6) is 0 Å². The molecule has 8 nitrogen and oxygen atoms in total. The molecule has 0 amide bonds. The maximum Gasteiger partial charge on any atom is 0.420 e. The summed E-state index contributed by atoms with van der Waals surface area (Å²) in [6.07, 6.45) is -6.95. The van der Waals surface area contributed by atoms with E-state index in [2.05, 4.69) is 4.98 Å². The number of esters is 1. The Kier molecular flexibility index (Phi) is 9.48. The van der Waals surface area contributed by atoms with Gasteiger partial charge in [-0.05, 0) is 18.6 Å². The van der Waals surface area contributed by atoms with E-state index in [-0.39, 0.29) is 13.0 Å². The van der Waals surface area contributed by atoms with Crippen LogP contribution in [0.15, 0.2) is 23.1 Å². The quantitative estimate of drug-likeness (QED) is 0.281. The standard InChI is InChI=1S/C27H36F3NO7S/c1-14-7-6-8-26(27(28,29)30)20(38-26)10-18(15(2)9-17-13-39-21(12-32)31-17)37-22(34)11-19(33)25(4,5)24(36)16(3)23(14)35/h6-7,9,13-14,16,18-20,23,32-33,35H,8,10-12H2,1-5H3/t14-,16+,18-,19-,20?,23-,26?/m0/s1. The number of ketones is 1. The zero-order chi connectivity index (χ0) is 29.3. The van der Waals surface area contributed by atoms with Crippen molar-refractivity contribution in [1.82, 2.24) is 4.98 Å². The molecule has 3 N–H and O–H groups in total. The maximum absolute atomic E-state index is 14.1. The van der Waals surface area contributed by atoms with Gasteiger partial charge in [0, 0.05) is 30.1 Å². The molecule has 0 bridgehead atoms. The van der Waals surface area contributed by atoms with Crippen LogP contribution in [0, 0.1) is 17.3 Å². The number of nitrogens with zero attached hydrogens (tertiary/aromatic N) is 1. The number of epoxide rings is 1. The van der Waals surface area contributed by atoms with Gasteiger partial charge in [-0.3, -0.25) is 9.59 Å². The first-order valence-electron chi connectivity index (χ1n) is 12.8. The van der Waals surface area contributed by atoms with E-state index >= 15 is 0 Å². The molecular formula is C27H36F3NO7S. The van der Waals surface area contributed by atoms with E-state index in [0.717, 1.165) is 0 Å². The van der Waals surface area contributed by atoms with Crippen LogP contribution in [0.2, 0.25) is 0 Å². The van der Waals surface area contributed by atoms with Crippen molar-refractivity contribution in [2.75, 3.05) is 0 Å². The van der Waals surface area contributed by atoms with Crippen molar-refractivity contribution < 1.29 is 47.6 Å². The van der Waals surface area contributed by atoms with E-state index in [1.807, 2.05) is 0 Å². The number of aliphatic hydroxyl groups excluding tert-OH is 3. The molecule has 7 atom stereocenters. The van der Waals surface area contributed by atoms with Gasteiger partial charge in [-0.15, -0.1) is 11.3 Å². The number of aromatic nitrogens is 1. The highest BCUT2D eigenvalue weighted by atomic mass is 32.1. The van der Waals surface area contributed by atoms with Crippen molar-refractivity contribution in [2.24, 2.45) is 17.3 Å². The summed E-state index contributed by atoms with van der Waals surface area (Å²) in [7, 11) is 0. The molecule has 39 heavy (non-hydrogen) atoms. The first kappa shape index (κ1) is 31.4. The Morgan fingerprint density at radius 3 is 2.51 bits per heavy atom. The number of alkyl halides is 3. The monoisotopic (exact) mass is 575 g/mol. The molecule has 2 aliphatic heterocycles. The van der Waals surface area contributed by atoms with Gasteiger partial charge in [0.2, 0.25) is 0 Å².